The molecule has 1 aromatic carbocycles. The minimum atomic E-state index is -3.78. The maximum atomic E-state index is 13.2. The molecular formula is C12H12FN3O2S. The van der Waals surface area contributed by atoms with Crippen LogP contribution in [0.15, 0.2) is 47.5 Å². The molecule has 19 heavy (non-hydrogen) atoms. The van der Waals surface area contributed by atoms with Crippen LogP contribution in [0.3, 0.4) is 0 Å². The van der Waals surface area contributed by atoms with Crippen molar-refractivity contribution in [1.82, 2.24) is 9.71 Å². The second kappa shape index (κ2) is 5.33. The fourth-order valence-corrected chi connectivity index (χ4v) is 2.44. The molecule has 5 nitrogen and oxygen atoms in total. The molecule has 100 valence electrons. The van der Waals surface area contributed by atoms with E-state index in [0.29, 0.717) is 5.69 Å². The summed E-state index contributed by atoms with van der Waals surface area (Å²) in [6.45, 7) is 0.0369. The van der Waals surface area contributed by atoms with Crippen molar-refractivity contribution in [1.29, 1.82) is 0 Å². The number of anilines is 1. The Hall–Kier alpha value is -1.99. The van der Waals surface area contributed by atoms with Crippen molar-refractivity contribution >= 4 is 15.7 Å². The Labute approximate surface area is 110 Å². The van der Waals surface area contributed by atoms with E-state index in [1.165, 1.54) is 12.1 Å². The molecule has 0 saturated heterocycles. The molecule has 1 heterocycles. The summed E-state index contributed by atoms with van der Waals surface area (Å²) in [5.41, 5.74) is 5.77. The third kappa shape index (κ3) is 3.27. The summed E-state index contributed by atoms with van der Waals surface area (Å²) in [6.07, 6.45) is 1.56. The predicted octanol–water partition coefficient (Wildman–Crippen LogP) is 1.28. The summed E-state index contributed by atoms with van der Waals surface area (Å²) < 4.78 is 39.4. The Morgan fingerprint density at radius 2 is 2.05 bits per heavy atom. The molecule has 0 bridgehead atoms. The largest absolute Gasteiger partial charge is 0.396 e. The highest BCUT2D eigenvalue weighted by molar-refractivity contribution is 7.89. The number of nitrogen functional groups attached to an aromatic ring is 1. The Morgan fingerprint density at radius 3 is 2.68 bits per heavy atom. The minimum Gasteiger partial charge on any atom is -0.396 e. The summed E-state index contributed by atoms with van der Waals surface area (Å²) in [5, 5.41) is 0. The molecule has 3 N–H and O–H groups in total. The van der Waals surface area contributed by atoms with E-state index >= 15 is 0 Å². The number of nitrogens with one attached hydrogen (secondary N) is 1. The smallest absolute Gasteiger partial charge is 0.241 e. The van der Waals surface area contributed by atoms with Crippen molar-refractivity contribution in [2.24, 2.45) is 0 Å². The number of halogens is 1. The van der Waals surface area contributed by atoms with Crippen LogP contribution in [0.1, 0.15) is 5.69 Å². The maximum Gasteiger partial charge on any atom is 0.241 e. The third-order valence-electron chi connectivity index (χ3n) is 2.45. The number of rotatable bonds is 4. The summed E-state index contributed by atoms with van der Waals surface area (Å²) in [7, 11) is -3.78. The van der Waals surface area contributed by atoms with Crippen LogP contribution in [-0.2, 0) is 16.6 Å². The Kier molecular flexibility index (Phi) is 3.77. The van der Waals surface area contributed by atoms with Gasteiger partial charge in [-0.15, -0.1) is 0 Å². The average Bonchev–Trinajstić information content (AvgIpc) is 2.41. The number of aromatic nitrogens is 1. The molecule has 1 aromatic heterocycles. The van der Waals surface area contributed by atoms with E-state index in [-0.39, 0.29) is 17.1 Å². The summed E-state index contributed by atoms with van der Waals surface area (Å²) >= 11 is 0. The first-order chi connectivity index (χ1) is 8.99. The normalized spacial score (nSPS) is 11.4. The number of nitrogens with zero attached hydrogens (tertiary/aromatic N) is 1. The van der Waals surface area contributed by atoms with Crippen molar-refractivity contribution in [3.8, 4) is 0 Å². The number of sulfonamides is 1. The number of hydrogen-bond donors (Lipinski definition) is 2. The molecule has 2 aromatic rings. The van der Waals surface area contributed by atoms with Gasteiger partial charge in [0.25, 0.3) is 0 Å². The van der Waals surface area contributed by atoms with Gasteiger partial charge in [-0.05, 0) is 30.3 Å². The summed E-state index contributed by atoms with van der Waals surface area (Å²) in [4.78, 5) is 3.81. The van der Waals surface area contributed by atoms with Crippen molar-refractivity contribution < 1.29 is 12.8 Å². The molecule has 0 radical (unpaired) electrons. The highest BCUT2D eigenvalue weighted by atomic mass is 32.2. The summed E-state index contributed by atoms with van der Waals surface area (Å²) in [6, 6.07) is 8.51. The van der Waals surface area contributed by atoms with E-state index in [1.807, 2.05) is 0 Å². The van der Waals surface area contributed by atoms with E-state index in [9.17, 15) is 12.8 Å². The number of pyridine rings is 1. The molecule has 0 spiro atoms. The quantitative estimate of drug-likeness (QED) is 0.827. The maximum absolute atomic E-state index is 13.2. The Balaban J connectivity index is 2.16. The molecule has 0 aliphatic rings. The number of nitrogens with two attached hydrogens (primary N) is 1. The van der Waals surface area contributed by atoms with Crippen molar-refractivity contribution in [3.05, 3.63) is 54.1 Å². The molecule has 0 aliphatic heterocycles. The average molecular weight is 281 g/mol. The molecule has 0 fully saturated rings. The van der Waals surface area contributed by atoms with Gasteiger partial charge in [0.1, 0.15) is 5.82 Å². The van der Waals surface area contributed by atoms with Gasteiger partial charge in [-0.3, -0.25) is 4.98 Å². The van der Waals surface area contributed by atoms with Gasteiger partial charge in [-0.25, -0.2) is 17.5 Å². The molecular weight excluding hydrogens is 269 g/mol. The fourth-order valence-electron chi connectivity index (χ4n) is 1.43. The van der Waals surface area contributed by atoms with E-state index in [2.05, 4.69) is 9.71 Å². The molecule has 0 amide bonds. The first-order valence-corrected chi connectivity index (χ1v) is 6.92. The Morgan fingerprint density at radius 1 is 1.26 bits per heavy atom. The zero-order chi connectivity index (χ0) is 13.9. The van der Waals surface area contributed by atoms with Gasteiger partial charge in [0, 0.05) is 6.20 Å². The van der Waals surface area contributed by atoms with E-state index in [4.69, 9.17) is 5.73 Å². The molecule has 0 saturated carbocycles. The van der Waals surface area contributed by atoms with Gasteiger partial charge >= 0.3 is 0 Å². The fraction of sp³-hybridized carbons (Fsp3) is 0.0833. The SMILES string of the molecule is Nc1ccc(S(=O)(=O)NCc2ccccn2)cc1F. The third-order valence-corrected chi connectivity index (χ3v) is 3.85. The van der Waals surface area contributed by atoms with Gasteiger partial charge in [-0.2, -0.15) is 0 Å². The number of hydrogen-bond acceptors (Lipinski definition) is 4. The molecule has 7 heteroatoms. The van der Waals surface area contributed by atoms with Crippen LogP contribution in [0.5, 0.6) is 0 Å². The standard InChI is InChI=1S/C12H12FN3O2S/c13-11-7-10(4-5-12(11)14)19(17,18)16-8-9-3-1-2-6-15-9/h1-7,16H,8,14H2. The van der Waals surface area contributed by atoms with Crippen LogP contribution in [0.2, 0.25) is 0 Å². The lowest BCUT2D eigenvalue weighted by Gasteiger charge is -2.07. The minimum absolute atomic E-state index is 0.0369. The Bertz CT molecular complexity index is 675. The van der Waals surface area contributed by atoms with Crippen LogP contribution >= 0.6 is 0 Å². The lowest BCUT2D eigenvalue weighted by atomic mass is 10.3. The molecule has 2 rings (SSSR count). The molecule has 0 atom stereocenters. The van der Waals surface area contributed by atoms with Gasteiger partial charge in [0.05, 0.1) is 22.8 Å². The van der Waals surface area contributed by atoms with Crippen molar-refractivity contribution in [2.75, 3.05) is 5.73 Å². The molecule has 0 unspecified atom stereocenters. The lowest BCUT2D eigenvalue weighted by molar-refractivity contribution is 0.577. The zero-order valence-corrected chi connectivity index (χ0v) is 10.7. The predicted molar refractivity (Wildman–Crippen MR) is 69.1 cm³/mol. The van der Waals surface area contributed by atoms with E-state index < -0.39 is 15.8 Å². The van der Waals surface area contributed by atoms with Gasteiger partial charge < -0.3 is 5.73 Å². The topological polar surface area (TPSA) is 85.1 Å². The zero-order valence-electron chi connectivity index (χ0n) is 9.88. The van der Waals surface area contributed by atoms with Gasteiger partial charge in [-0.1, -0.05) is 6.07 Å². The summed E-state index contributed by atoms with van der Waals surface area (Å²) in [5.74, 6) is -0.763. The van der Waals surface area contributed by atoms with Crippen LogP contribution in [0, 0.1) is 5.82 Å². The van der Waals surface area contributed by atoms with E-state index in [1.54, 1.807) is 24.4 Å². The second-order valence-corrected chi connectivity index (χ2v) is 5.60. The monoisotopic (exact) mass is 281 g/mol. The van der Waals surface area contributed by atoms with Crippen LogP contribution in [0.4, 0.5) is 10.1 Å². The lowest BCUT2D eigenvalue weighted by Crippen LogP contribution is -2.23. The van der Waals surface area contributed by atoms with Crippen LogP contribution < -0.4 is 10.5 Å². The van der Waals surface area contributed by atoms with Crippen molar-refractivity contribution in [3.63, 3.8) is 0 Å². The molecule has 0 aliphatic carbocycles. The first-order valence-electron chi connectivity index (χ1n) is 5.43. The number of benzene rings is 1. The first kappa shape index (κ1) is 13.4. The highest BCUT2D eigenvalue weighted by Gasteiger charge is 2.15. The van der Waals surface area contributed by atoms with E-state index in [0.717, 1.165) is 6.07 Å². The van der Waals surface area contributed by atoms with Crippen molar-refractivity contribution in [2.45, 2.75) is 11.4 Å². The van der Waals surface area contributed by atoms with Gasteiger partial charge in [0.2, 0.25) is 10.0 Å². The second-order valence-electron chi connectivity index (χ2n) is 3.83. The van der Waals surface area contributed by atoms with Gasteiger partial charge in [0.15, 0.2) is 0 Å². The van der Waals surface area contributed by atoms with Crippen LogP contribution in [0.25, 0.3) is 0 Å². The van der Waals surface area contributed by atoms with Crippen LogP contribution in [-0.4, -0.2) is 13.4 Å². The highest BCUT2D eigenvalue weighted by Crippen LogP contribution is 2.16.